The Balaban J connectivity index is 2.21. The van der Waals surface area contributed by atoms with Gasteiger partial charge in [-0.15, -0.1) is 0 Å². The van der Waals surface area contributed by atoms with Crippen LogP contribution in [0.15, 0.2) is 21.2 Å². The molecule has 96 valence electrons. The lowest BCUT2D eigenvalue weighted by atomic mass is 9.73. The molecule has 1 aromatic heterocycles. The zero-order valence-electron chi connectivity index (χ0n) is 10.5. The van der Waals surface area contributed by atoms with Crippen molar-refractivity contribution < 1.29 is 9.15 Å². The van der Waals surface area contributed by atoms with Gasteiger partial charge in [-0.25, -0.2) is 0 Å². The van der Waals surface area contributed by atoms with Crippen LogP contribution in [0.1, 0.15) is 44.4 Å². The molecule has 0 aliphatic heterocycles. The molecule has 0 bridgehead atoms. The van der Waals surface area contributed by atoms with Crippen LogP contribution in [0.5, 0.6) is 0 Å². The fourth-order valence-electron chi connectivity index (χ4n) is 2.45. The Labute approximate surface area is 111 Å². The zero-order valence-corrected chi connectivity index (χ0v) is 12.0. The van der Waals surface area contributed by atoms with Gasteiger partial charge >= 0.3 is 0 Å². The van der Waals surface area contributed by atoms with E-state index in [9.17, 15) is 0 Å². The quantitative estimate of drug-likeness (QED) is 0.871. The number of rotatable bonds is 6. The first-order valence-corrected chi connectivity index (χ1v) is 7.04. The fraction of sp³-hybridized carbons (Fsp3) is 0.692. The average molecular weight is 302 g/mol. The second kappa shape index (κ2) is 5.55. The van der Waals surface area contributed by atoms with E-state index in [0.717, 1.165) is 36.0 Å². The van der Waals surface area contributed by atoms with E-state index < -0.39 is 0 Å². The molecule has 1 aliphatic carbocycles. The molecule has 1 atom stereocenters. The second-order valence-electron chi connectivity index (χ2n) is 4.64. The van der Waals surface area contributed by atoms with Crippen molar-refractivity contribution in [3.63, 3.8) is 0 Å². The predicted molar refractivity (Wildman–Crippen MR) is 71.0 cm³/mol. The van der Waals surface area contributed by atoms with Crippen LogP contribution in [0.2, 0.25) is 0 Å². The van der Waals surface area contributed by atoms with Gasteiger partial charge in [0.2, 0.25) is 0 Å². The molecular formula is C13H20BrNO2. The molecule has 1 unspecified atom stereocenters. The molecule has 1 fully saturated rings. The highest BCUT2D eigenvalue weighted by Crippen LogP contribution is 2.46. The van der Waals surface area contributed by atoms with E-state index in [1.165, 1.54) is 6.42 Å². The van der Waals surface area contributed by atoms with Gasteiger partial charge in [0.25, 0.3) is 0 Å². The van der Waals surface area contributed by atoms with Gasteiger partial charge in [0, 0.05) is 7.11 Å². The van der Waals surface area contributed by atoms with E-state index in [2.05, 4.69) is 28.2 Å². The molecule has 2 rings (SSSR count). The first kappa shape index (κ1) is 13.1. The van der Waals surface area contributed by atoms with E-state index in [-0.39, 0.29) is 11.6 Å². The van der Waals surface area contributed by atoms with Crippen LogP contribution in [0.3, 0.4) is 0 Å². The van der Waals surface area contributed by atoms with Gasteiger partial charge in [-0.05, 0) is 54.2 Å². The molecule has 1 heterocycles. The van der Waals surface area contributed by atoms with Crippen LogP contribution in [-0.4, -0.2) is 19.3 Å². The maximum absolute atomic E-state index is 5.77. The Morgan fingerprint density at radius 1 is 1.59 bits per heavy atom. The number of hydrogen-bond donors (Lipinski definition) is 1. The molecule has 1 N–H and O–H groups in total. The van der Waals surface area contributed by atoms with Crippen molar-refractivity contribution in [2.75, 3.05) is 13.7 Å². The van der Waals surface area contributed by atoms with Gasteiger partial charge in [-0.1, -0.05) is 6.92 Å². The molecule has 0 aromatic carbocycles. The molecule has 4 heteroatoms. The summed E-state index contributed by atoms with van der Waals surface area (Å²) in [6.45, 7) is 3.14. The smallest absolute Gasteiger partial charge is 0.137 e. The van der Waals surface area contributed by atoms with E-state index in [4.69, 9.17) is 9.15 Å². The Bertz CT molecular complexity index is 355. The van der Waals surface area contributed by atoms with Crippen LogP contribution < -0.4 is 5.32 Å². The number of nitrogens with one attached hydrogen (secondary N) is 1. The molecule has 1 aromatic rings. The predicted octanol–water partition coefficient (Wildman–Crippen LogP) is 3.65. The van der Waals surface area contributed by atoms with Crippen molar-refractivity contribution >= 4 is 15.9 Å². The molecule has 3 nitrogen and oxygen atoms in total. The summed E-state index contributed by atoms with van der Waals surface area (Å²) in [6.07, 6.45) is 6.25. The summed E-state index contributed by atoms with van der Waals surface area (Å²) in [7, 11) is 1.80. The van der Waals surface area contributed by atoms with Crippen LogP contribution in [0, 0.1) is 0 Å². The summed E-state index contributed by atoms with van der Waals surface area (Å²) < 4.78 is 12.4. The van der Waals surface area contributed by atoms with E-state index in [1.54, 1.807) is 13.4 Å². The number of hydrogen-bond acceptors (Lipinski definition) is 3. The second-order valence-corrected chi connectivity index (χ2v) is 5.50. The Morgan fingerprint density at radius 3 is 2.76 bits per heavy atom. The third-order valence-corrected chi connectivity index (χ3v) is 4.29. The van der Waals surface area contributed by atoms with Crippen LogP contribution in [0.25, 0.3) is 0 Å². The Kier molecular flexibility index (Phi) is 4.28. The first-order chi connectivity index (χ1) is 8.23. The van der Waals surface area contributed by atoms with Crippen molar-refractivity contribution in [1.82, 2.24) is 5.32 Å². The van der Waals surface area contributed by atoms with E-state index >= 15 is 0 Å². The minimum absolute atomic E-state index is 0.0878. The minimum Gasteiger partial charge on any atom is -0.466 e. The maximum atomic E-state index is 5.77. The number of halogens is 1. The first-order valence-electron chi connectivity index (χ1n) is 6.25. The SMILES string of the molecule is CCCNC(c1occc1Br)C1(OC)CCC1. The summed E-state index contributed by atoms with van der Waals surface area (Å²) in [5.41, 5.74) is -0.0878. The van der Waals surface area contributed by atoms with Gasteiger partial charge in [0.1, 0.15) is 5.76 Å². The number of furan rings is 1. The normalized spacial score (nSPS) is 19.9. The molecule has 0 amide bonds. The zero-order chi connectivity index (χ0) is 12.3. The minimum atomic E-state index is -0.0878. The number of methoxy groups -OCH3 is 1. The molecule has 17 heavy (non-hydrogen) atoms. The van der Waals surface area contributed by atoms with Gasteiger partial charge in [0.05, 0.1) is 22.4 Å². The summed E-state index contributed by atoms with van der Waals surface area (Å²) in [6, 6.07) is 2.09. The highest BCUT2D eigenvalue weighted by Gasteiger charge is 2.46. The van der Waals surface area contributed by atoms with Crippen molar-refractivity contribution in [3.05, 3.63) is 22.6 Å². The standard InChI is InChI=1S/C13H20BrNO2/c1-3-8-15-12(11-10(14)5-9-17-11)13(16-2)6-4-7-13/h5,9,12,15H,3-4,6-8H2,1-2H3. The summed E-state index contributed by atoms with van der Waals surface area (Å²) in [5.74, 6) is 0.958. The highest BCUT2D eigenvalue weighted by molar-refractivity contribution is 9.10. The van der Waals surface area contributed by atoms with Gasteiger partial charge in [-0.2, -0.15) is 0 Å². The third kappa shape index (κ3) is 2.44. The molecule has 0 saturated heterocycles. The van der Waals surface area contributed by atoms with Crippen molar-refractivity contribution in [1.29, 1.82) is 0 Å². The summed E-state index contributed by atoms with van der Waals surface area (Å²) >= 11 is 3.54. The molecule has 1 saturated carbocycles. The number of ether oxygens (including phenoxy) is 1. The van der Waals surface area contributed by atoms with Gasteiger partial charge in [0.15, 0.2) is 0 Å². The summed E-state index contributed by atoms with van der Waals surface area (Å²) in [4.78, 5) is 0. The molecule has 0 radical (unpaired) electrons. The lowest BCUT2D eigenvalue weighted by molar-refractivity contribution is -0.104. The summed E-state index contributed by atoms with van der Waals surface area (Å²) in [5, 5.41) is 3.56. The van der Waals surface area contributed by atoms with E-state index in [0.29, 0.717) is 0 Å². The van der Waals surface area contributed by atoms with Crippen LogP contribution >= 0.6 is 15.9 Å². The third-order valence-electron chi connectivity index (χ3n) is 3.64. The largest absolute Gasteiger partial charge is 0.466 e. The van der Waals surface area contributed by atoms with Crippen LogP contribution in [0.4, 0.5) is 0 Å². The highest BCUT2D eigenvalue weighted by atomic mass is 79.9. The monoisotopic (exact) mass is 301 g/mol. The van der Waals surface area contributed by atoms with E-state index in [1.807, 2.05) is 6.07 Å². The van der Waals surface area contributed by atoms with Crippen molar-refractivity contribution in [2.24, 2.45) is 0 Å². The molecule has 1 aliphatic rings. The van der Waals surface area contributed by atoms with Crippen molar-refractivity contribution in [2.45, 2.75) is 44.2 Å². The van der Waals surface area contributed by atoms with Crippen molar-refractivity contribution in [3.8, 4) is 0 Å². The molecule has 0 spiro atoms. The molecular weight excluding hydrogens is 282 g/mol. The van der Waals surface area contributed by atoms with Crippen LogP contribution in [-0.2, 0) is 4.74 Å². The Hall–Kier alpha value is -0.320. The fourth-order valence-corrected chi connectivity index (χ4v) is 2.88. The average Bonchev–Trinajstić information content (AvgIpc) is 2.68. The van der Waals surface area contributed by atoms with Gasteiger partial charge < -0.3 is 14.5 Å². The topological polar surface area (TPSA) is 34.4 Å². The maximum Gasteiger partial charge on any atom is 0.137 e. The lowest BCUT2D eigenvalue weighted by Crippen LogP contribution is -2.50. The lowest BCUT2D eigenvalue weighted by Gasteiger charge is -2.46. The Morgan fingerprint density at radius 2 is 2.35 bits per heavy atom. The van der Waals surface area contributed by atoms with Gasteiger partial charge in [-0.3, -0.25) is 0 Å².